The van der Waals surface area contributed by atoms with E-state index in [1.165, 1.54) is 4.31 Å². The highest BCUT2D eigenvalue weighted by atomic mass is 32.2. The van der Waals surface area contributed by atoms with E-state index < -0.39 is 10.2 Å². The summed E-state index contributed by atoms with van der Waals surface area (Å²) in [7, 11) is -3.42. The molecule has 1 unspecified atom stereocenters. The molecule has 0 radical (unpaired) electrons. The highest BCUT2D eigenvalue weighted by molar-refractivity contribution is 7.87. The molecule has 6 nitrogen and oxygen atoms in total. The molecule has 0 amide bonds. The Morgan fingerprint density at radius 3 is 2.70 bits per heavy atom. The zero-order valence-corrected chi connectivity index (χ0v) is 12.2. The number of benzene rings is 1. The Kier molecular flexibility index (Phi) is 3.49. The average Bonchev–Trinajstić information content (AvgIpc) is 3.07. The summed E-state index contributed by atoms with van der Waals surface area (Å²) in [5.74, 6) is 0.633. The standard InChI is InChI=1S/C13H18N4O2S/c1-10(16-20(18,19)17-8-4-5-9-17)13-14-11-6-2-3-7-12(11)15-13/h2-3,6-7,10,16H,4-5,8-9H2,1H3,(H,14,15). The van der Waals surface area contributed by atoms with E-state index in [4.69, 9.17) is 0 Å². The van der Waals surface area contributed by atoms with Gasteiger partial charge in [-0.15, -0.1) is 0 Å². The summed E-state index contributed by atoms with van der Waals surface area (Å²) in [5, 5.41) is 0. The third-order valence-electron chi connectivity index (χ3n) is 3.55. The van der Waals surface area contributed by atoms with Gasteiger partial charge in [0.25, 0.3) is 10.2 Å². The molecule has 2 aromatic rings. The van der Waals surface area contributed by atoms with E-state index in [1.54, 1.807) is 6.92 Å². The predicted octanol–water partition coefficient (Wildman–Crippen LogP) is 1.55. The number of aromatic amines is 1. The number of rotatable bonds is 4. The van der Waals surface area contributed by atoms with Crippen LogP contribution in [0.4, 0.5) is 0 Å². The van der Waals surface area contributed by atoms with Crippen molar-refractivity contribution in [2.75, 3.05) is 13.1 Å². The third kappa shape index (κ3) is 2.56. The van der Waals surface area contributed by atoms with Gasteiger partial charge in [0, 0.05) is 13.1 Å². The van der Waals surface area contributed by atoms with Crippen LogP contribution >= 0.6 is 0 Å². The van der Waals surface area contributed by atoms with Crippen LogP contribution in [0.15, 0.2) is 24.3 Å². The maximum atomic E-state index is 12.2. The summed E-state index contributed by atoms with van der Waals surface area (Å²) in [4.78, 5) is 7.57. The van der Waals surface area contributed by atoms with E-state index in [9.17, 15) is 8.42 Å². The number of H-pyrrole nitrogens is 1. The number of hydrogen-bond acceptors (Lipinski definition) is 3. The van der Waals surface area contributed by atoms with Crippen molar-refractivity contribution in [1.82, 2.24) is 19.0 Å². The van der Waals surface area contributed by atoms with Gasteiger partial charge in [0.1, 0.15) is 5.82 Å². The van der Waals surface area contributed by atoms with Gasteiger partial charge in [-0.2, -0.15) is 17.4 Å². The number of nitrogens with one attached hydrogen (secondary N) is 2. The van der Waals surface area contributed by atoms with Gasteiger partial charge in [0.2, 0.25) is 0 Å². The second kappa shape index (κ2) is 5.16. The van der Waals surface area contributed by atoms with Crippen molar-refractivity contribution in [3.05, 3.63) is 30.1 Å². The third-order valence-corrected chi connectivity index (χ3v) is 5.24. The van der Waals surface area contributed by atoms with Gasteiger partial charge in [-0.25, -0.2) is 4.98 Å². The number of fused-ring (bicyclic) bond motifs is 1. The van der Waals surface area contributed by atoms with E-state index in [1.807, 2.05) is 24.3 Å². The zero-order valence-electron chi connectivity index (χ0n) is 11.3. The molecule has 1 aromatic heterocycles. The minimum Gasteiger partial charge on any atom is -0.341 e. The first-order chi connectivity index (χ1) is 9.56. The molecular formula is C13H18N4O2S. The molecular weight excluding hydrogens is 276 g/mol. The normalized spacial score (nSPS) is 18.6. The Hall–Kier alpha value is -1.44. The Labute approximate surface area is 118 Å². The fourth-order valence-electron chi connectivity index (χ4n) is 2.46. The van der Waals surface area contributed by atoms with Gasteiger partial charge in [-0.1, -0.05) is 12.1 Å². The van der Waals surface area contributed by atoms with Crippen LogP contribution in [0.3, 0.4) is 0 Å². The first-order valence-corrected chi connectivity index (χ1v) is 8.22. The number of aromatic nitrogens is 2. The number of para-hydroxylation sites is 2. The second-order valence-electron chi connectivity index (χ2n) is 5.09. The summed E-state index contributed by atoms with van der Waals surface area (Å²) in [6, 6.07) is 7.27. The van der Waals surface area contributed by atoms with Crippen molar-refractivity contribution < 1.29 is 8.42 Å². The van der Waals surface area contributed by atoms with E-state index >= 15 is 0 Å². The molecule has 7 heteroatoms. The Bertz CT molecular complexity index is 671. The summed E-state index contributed by atoms with van der Waals surface area (Å²) >= 11 is 0. The average molecular weight is 294 g/mol. The number of imidazole rings is 1. The van der Waals surface area contributed by atoms with Crippen molar-refractivity contribution in [1.29, 1.82) is 0 Å². The van der Waals surface area contributed by atoms with Gasteiger partial charge >= 0.3 is 0 Å². The predicted molar refractivity (Wildman–Crippen MR) is 77.4 cm³/mol. The monoisotopic (exact) mass is 294 g/mol. The lowest BCUT2D eigenvalue weighted by molar-refractivity contribution is 0.455. The van der Waals surface area contributed by atoms with Crippen LogP contribution in [-0.2, 0) is 10.2 Å². The van der Waals surface area contributed by atoms with Gasteiger partial charge in [-0.3, -0.25) is 0 Å². The molecule has 3 rings (SSSR count). The fourth-order valence-corrected chi connectivity index (χ4v) is 3.91. The van der Waals surface area contributed by atoms with Crippen LogP contribution in [0.1, 0.15) is 31.6 Å². The summed E-state index contributed by atoms with van der Waals surface area (Å²) < 4.78 is 28.6. The van der Waals surface area contributed by atoms with Gasteiger partial charge < -0.3 is 4.98 Å². The molecule has 1 fully saturated rings. The Morgan fingerprint density at radius 2 is 2.00 bits per heavy atom. The summed E-state index contributed by atoms with van der Waals surface area (Å²) in [6.07, 6.45) is 1.86. The SMILES string of the molecule is CC(NS(=O)(=O)N1CCCC1)c1nc2ccccc2[nH]1. The second-order valence-corrected chi connectivity index (χ2v) is 6.79. The first kappa shape index (κ1) is 13.5. The summed E-state index contributed by atoms with van der Waals surface area (Å²) in [5.41, 5.74) is 1.75. The lowest BCUT2D eigenvalue weighted by Gasteiger charge is -2.19. The van der Waals surface area contributed by atoms with Crippen LogP contribution in [0.5, 0.6) is 0 Å². The molecule has 1 aromatic carbocycles. The topological polar surface area (TPSA) is 78.1 Å². The van der Waals surface area contributed by atoms with E-state index in [-0.39, 0.29) is 6.04 Å². The van der Waals surface area contributed by atoms with E-state index in [0.717, 1.165) is 23.9 Å². The van der Waals surface area contributed by atoms with Gasteiger partial charge in [-0.05, 0) is 31.9 Å². The molecule has 0 saturated carbocycles. The molecule has 1 aliphatic rings. The highest BCUT2D eigenvalue weighted by Crippen LogP contribution is 2.18. The molecule has 0 bridgehead atoms. The molecule has 108 valence electrons. The maximum absolute atomic E-state index is 12.2. The van der Waals surface area contributed by atoms with Gasteiger partial charge in [0.05, 0.1) is 17.1 Å². The largest absolute Gasteiger partial charge is 0.341 e. The molecule has 1 aliphatic heterocycles. The molecule has 20 heavy (non-hydrogen) atoms. The maximum Gasteiger partial charge on any atom is 0.280 e. The smallest absolute Gasteiger partial charge is 0.280 e. The minimum atomic E-state index is -3.42. The minimum absolute atomic E-state index is 0.381. The highest BCUT2D eigenvalue weighted by Gasteiger charge is 2.27. The molecule has 2 heterocycles. The van der Waals surface area contributed by atoms with Crippen LogP contribution in [0.2, 0.25) is 0 Å². The van der Waals surface area contributed by atoms with E-state index in [0.29, 0.717) is 18.9 Å². The Balaban J connectivity index is 1.80. The molecule has 1 atom stereocenters. The molecule has 0 aliphatic carbocycles. The van der Waals surface area contributed by atoms with Crippen molar-refractivity contribution in [2.45, 2.75) is 25.8 Å². The van der Waals surface area contributed by atoms with Gasteiger partial charge in [0.15, 0.2) is 0 Å². The molecule has 2 N–H and O–H groups in total. The van der Waals surface area contributed by atoms with Crippen LogP contribution in [0, 0.1) is 0 Å². The van der Waals surface area contributed by atoms with Crippen LogP contribution in [-0.4, -0.2) is 35.8 Å². The van der Waals surface area contributed by atoms with Crippen molar-refractivity contribution in [3.8, 4) is 0 Å². The molecule has 0 spiro atoms. The quantitative estimate of drug-likeness (QED) is 0.898. The Morgan fingerprint density at radius 1 is 1.30 bits per heavy atom. The molecule has 1 saturated heterocycles. The first-order valence-electron chi connectivity index (χ1n) is 6.78. The van der Waals surface area contributed by atoms with Crippen LogP contribution in [0.25, 0.3) is 11.0 Å². The summed E-state index contributed by atoms with van der Waals surface area (Å²) in [6.45, 7) is 3.00. The lowest BCUT2D eigenvalue weighted by Crippen LogP contribution is -2.40. The number of hydrogen-bond donors (Lipinski definition) is 2. The van der Waals surface area contributed by atoms with Crippen LogP contribution < -0.4 is 4.72 Å². The van der Waals surface area contributed by atoms with Crippen molar-refractivity contribution >= 4 is 21.2 Å². The van der Waals surface area contributed by atoms with Crippen molar-refractivity contribution in [2.24, 2.45) is 0 Å². The fraction of sp³-hybridized carbons (Fsp3) is 0.462. The van der Waals surface area contributed by atoms with E-state index in [2.05, 4.69) is 14.7 Å². The zero-order chi connectivity index (χ0) is 14.2. The lowest BCUT2D eigenvalue weighted by atomic mass is 10.3. The number of nitrogens with zero attached hydrogens (tertiary/aromatic N) is 2. The van der Waals surface area contributed by atoms with Crippen molar-refractivity contribution in [3.63, 3.8) is 0 Å².